The molecule has 0 unspecified atom stereocenters. The first-order chi connectivity index (χ1) is 9.35. The summed E-state index contributed by atoms with van der Waals surface area (Å²) in [6.45, 7) is 4.88. The largest absolute Gasteiger partial charge is 0.481 e. The first kappa shape index (κ1) is 15.3. The summed E-state index contributed by atoms with van der Waals surface area (Å²) in [4.78, 5) is 25.2. The molecule has 1 aliphatic heterocycles. The summed E-state index contributed by atoms with van der Waals surface area (Å²) in [7, 11) is 0. The molecule has 1 N–H and O–H groups in total. The molecule has 4 heteroatoms. The van der Waals surface area contributed by atoms with Crippen molar-refractivity contribution in [1.29, 1.82) is 0 Å². The summed E-state index contributed by atoms with van der Waals surface area (Å²) in [6.07, 6.45) is 8.97. The van der Waals surface area contributed by atoms with E-state index in [0.717, 1.165) is 25.9 Å². The molecule has 20 heavy (non-hydrogen) atoms. The molecule has 0 atom stereocenters. The lowest BCUT2D eigenvalue weighted by Crippen LogP contribution is -2.45. The van der Waals surface area contributed by atoms with Crippen molar-refractivity contribution in [1.82, 2.24) is 4.90 Å². The van der Waals surface area contributed by atoms with Gasteiger partial charge >= 0.3 is 5.97 Å². The molecular weight excluding hydrogens is 254 g/mol. The summed E-state index contributed by atoms with van der Waals surface area (Å²) in [5.74, 6) is -0.894. The van der Waals surface area contributed by atoms with Crippen LogP contribution in [-0.2, 0) is 9.59 Å². The average molecular weight is 281 g/mol. The topological polar surface area (TPSA) is 57.6 Å². The number of aliphatic carboxylic acids is 1. The van der Waals surface area contributed by atoms with Crippen molar-refractivity contribution >= 4 is 11.9 Å². The van der Waals surface area contributed by atoms with Crippen molar-refractivity contribution in [3.8, 4) is 0 Å². The van der Waals surface area contributed by atoms with Crippen LogP contribution in [0.4, 0.5) is 0 Å². The van der Waals surface area contributed by atoms with E-state index in [4.69, 9.17) is 5.11 Å². The molecule has 2 aliphatic rings. The van der Waals surface area contributed by atoms with Gasteiger partial charge in [0.25, 0.3) is 0 Å². The Morgan fingerprint density at radius 1 is 1.05 bits per heavy atom. The molecule has 2 fully saturated rings. The van der Waals surface area contributed by atoms with Crippen LogP contribution in [0.2, 0.25) is 0 Å². The van der Waals surface area contributed by atoms with Crippen LogP contribution in [0.5, 0.6) is 0 Å². The third kappa shape index (κ3) is 3.33. The van der Waals surface area contributed by atoms with E-state index in [1.165, 1.54) is 32.1 Å². The van der Waals surface area contributed by atoms with Crippen molar-refractivity contribution in [2.75, 3.05) is 13.1 Å². The molecule has 114 valence electrons. The quantitative estimate of drug-likeness (QED) is 0.865. The second-order valence-corrected chi connectivity index (χ2v) is 7.31. The van der Waals surface area contributed by atoms with Crippen LogP contribution in [0.3, 0.4) is 0 Å². The Kier molecular flexibility index (Phi) is 4.40. The molecule has 1 spiro atoms. The highest BCUT2D eigenvalue weighted by atomic mass is 16.4. The average Bonchev–Trinajstić information content (AvgIpc) is 2.39. The SMILES string of the molecule is CC(C)(CC(=O)N1CCC2(CCCCC2)CC1)C(=O)O. The highest BCUT2D eigenvalue weighted by Crippen LogP contribution is 2.44. The number of nitrogens with zero attached hydrogens (tertiary/aromatic N) is 1. The maximum absolute atomic E-state index is 12.3. The first-order valence-electron chi connectivity index (χ1n) is 7.86. The number of carbonyl (C=O) groups is 2. The van der Waals surface area contributed by atoms with Gasteiger partial charge in [0.2, 0.25) is 5.91 Å². The van der Waals surface area contributed by atoms with Gasteiger partial charge in [-0.2, -0.15) is 0 Å². The first-order valence-corrected chi connectivity index (χ1v) is 7.86. The lowest BCUT2D eigenvalue weighted by molar-refractivity contribution is -0.152. The number of rotatable bonds is 3. The number of amides is 1. The van der Waals surface area contributed by atoms with E-state index in [1.807, 2.05) is 4.90 Å². The van der Waals surface area contributed by atoms with Crippen LogP contribution >= 0.6 is 0 Å². The summed E-state index contributed by atoms with van der Waals surface area (Å²) in [5.41, 5.74) is -0.478. The lowest BCUT2D eigenvalue weighted by atomic mass is 9.68. The van der Waals surface area contributed by atoms with E-state index in [2.05, 4.69) is 0 Å². The monoisotopic (exact) mass is 281 g/mol. The van der Waals surface area contributed by atoms with Gasteiger partial charge in [-0.05, 0) is 44.9 Å². The Balaban J connectivity index is 1.87. The van der Waals surface area contributed by atoms with E-state index >= 15 is 0 Å². The van der Waals surface area contributed by atoms with Crippen LogP contribution < -0.4 is 0 Å². The van der Waals surface area contributed by atoms with Gasteiger partial charge in [-0.1, -0.05) is 19.3 Å². The Morgan fingerprint density at radius 3 is 2.10 bits per heavy atom. The Hall–Kier alpha value is -1.06. The standard InChI is InChI=1S/C16H27NO3/c1-15(2,14(19)20)12-13(18)17-10-8-16(9-11-17)6-4-3-5-7-16/h3-12H2,1-2H3,(H,19,20). The Labute approximate surface area is 121 Å². The number of carbonyl (C=O) groups excluding carboxylic acids is 1. The predicted molar refractivity (Wildman–Crippen MR) is 77.4 cm³/mol. The van der Waals surface area contributed by atoms with Gasteiger partial charge in [0, 0.05) is 19.5 Å². The maximum Gasteiger partial charge on any atom is 0.309 e. The molecular formula is C16H27NO3. The van der Waals surface area contributed by atoms with Crippen molar-refractivity contribution in [3.63, 3.8) is 0 Å². The van der Waals surface area contributed by atoms with Gasteiger partial charge < -0.3 is 10.0 Å². The zero-order valence-electron chi connectivity index (χ0n) is 12.8. The predicted octanol–water partition coefficient (Wildman–Crippen LogP) is 3.06. The summed E-state index contributed by atoms with van der Waals surface area (Å²) >= 11 is 0. The van der Waals surface area contributed by atoms with E-state index in [0.29, 0.717) is 5.41 Å². The zero-order valence-corrected chi connectivity index (χ0v) is 12.8. The third-order valence-corrected chi connectivity index (χ3v) is 5.26. The molecule has 0 aromatic rings. The fourth-order valence-electron chi connectivity index (χ4n) is 3.60. The van der Waals surface area contributed by atoms with Gasteiger partial charge in [0.05, 0.1) is 5.41 Å². The van der Waals surface area contributed by atoms with Crippen LogP contribution in [0.15, 0.2) is 0 Å². The van der Waals surface area contributed by atoms with Crippen molar-refractivity contribution in [3.05, 3.63) is 0 Å². The van der Waals surface area contributed by atoms with Gasteiger partial charge in [-0.25, -0.2) is 0 Å². The molecule has 0 aromatic carbocycles. The van der Waals surface area contributed by atoms with Crippen molar-refractivity contribution < 1.29 is 14.7 Å². The smallest absolute Gasteiger partial charge is 0.309 e. The third-order valence-electron chi connectivity index (χ3n) is 5.26. The summed E-state index contributed by atoms with van der Waals surface area (Å²) < 4.78 is 0. The highest BCUT2D eigenvalue weighted by molar-refractivity contribution is 5.84. The number of hydrogen-bond donors (Lipinski definition) is 1. The van der Waals surface area contributed by atoms with Crippen LogP contribution in [0.25, 0.3) is 0 Å². The second kappa shape index (κ2) is 5.74. The number of hydrogen-bond acceptors (Lipinski definition) is 2. The van der Waals surface area contributed by atoms with Crippen LogP contribution in [0.1, 0.15) is 65.2 Å². The molecule has 0 bridgehead atoms. The lowest BCUT2D eigenvalue weighted by Gasteiger charge is -2.44. The second-order valence-electron chi connectivity index (χ2n) is 7.31. The van der Waals surface area contributed by atoms with Gasteiger partial charge in [-0.3, -0.25) is 9.59 Å². The number of likely N-dealkylation sites (tertiary alicyclic amines) is 1. The molecule has 0 aromatic heterocycles. The van der Waals surface area contributed by atoms with Gasteiger partial charge in [0.1, 0.15) is 0 Å². The Bertz CT molecular complexity index is 373. The minimum Gasteiger partial charge on any atom is -0.481 e. The van der Waals surface area contributed by atoms with Crippen LogP contribution in [-0.4, -0.2) is 35.0 Å². The molecule has 4 nitrogen and oxygen atoms in total. The molecule has 1 saturated heterocycles. The number of carboxylic acids is 1. The summed E-state index contributed by atoms with van der Waals surface area (Å²) in [5, 5.41) is 9.12. The minimum atomic E-state index is -0.961. The number of piperidine rings is 1. The van der Waals surface area contributed by atoms with Crippen LogP contribution in [0, 0.1) is 10.8 Å². The summed E-state index contributed by atoms with van der Waals surface area (Å²) in [6, 6.07) is 0. The minimum absolute atomic E-state index is 0.00283. The highest BCUT2D eigenvalue weighted by Gasteiger charge is 2.38. The molecule has 2 rings (SSSR count). The fourth-order valence-corrected chi connectivity index (χ4v) is 3.60. The Morgan fingerprint density at radius 2 is 1.60 bits per heavy atom. The van der Waals surface area contributed by atoms with E-state index in [9.17, 15) is 9.59 Å². The molecule has 1 amide bonds. The normalized spacial score (nSPS) is 22.8. The maximum atomic E-state index is 12.3. The fraction of sp³-hybridized carbons (Fsp3) is 0.875. The molecule has 0 radical (unpaired) electrons. The van der Waals surface area contributed by atoms with Crippen molar-refractivity contribution in [2.45, 2.75) is 65.2 Å². The van der Waals surface area contributed by atoms with Gasteiger partial charge in [0.15, 0.2) is 0 Å². The molecule has 1 aliphatic carbocycles. The molecule has 1 heterocycles. The van der Waals surface area contributed by atoms with Gasteiger partial charge in [-0.15, -0.1) is 0 Å². The van der Waals surface area contributed by atoms with Crippen molar-refractivity contribution in [2.24, 2.45) is 10.8 Å². The van der Waals surface area contributed by atoms with E-state index in [-0.39, 0.29) is 12.3 Å². The molecule has 1 saturated carbocycles. The van der Waals surface area contributed by atoms with E-state index < -0.39 is 11.4 Å². The number of carboxylic acid groups (broad SMARTS) is 1. The zero-order chi connectivity index (χ0) is 14.8. The van der Waals surface area contributed by atoms with E-state index in [1.54, 1.807) is 13.8 Å².